The molecule has 1 aliphatic rings. The van der Waals surface area contributed by atoms with Gasteiger partial charge in [-0.2, -0.15) is 10.5 Å². The van der Waals surface area contributed by atoms with Crippen molar-refractivity contribution < 1.29 is 19.0 Å². The van der Waals surface area contributed by atoms with Crippen molar-refractivity contribution in [2.75, 3.05) is 19.6 Å². The van der Waals surface area contributed by atoms with E-state index in [1.54, 1.807) is 18.2 Å². The molecule has 8 nitrogen and oxygen atoms in total. The summed E-state index contributed by atoms with van der Waals surface area (Å²) < 4.78 is 15.6. The van der Waals surface area contributed by atoms with Gasteiger partial charge in [-0.05, 0) is 28.8 Å². The standard InChI is InChI=1S/C24H18N4O4S/c1-30-21(29)9-14-4-2-3-5-16(14)12-33-24-18(11-26)22(17(10-25)23(27)28-24)15-6-7-19-20(8-15)32-13-31-19/h2-8H,9,12-13H2,1H3,(H2,27,28). The van der Waals surface area contributed by atoms with Gasteiger partial charge in [-0.3, -0.25) is 4.79 Å². The number of rotatable bonds is 6. The molecule has 0 aliphatic carbocycles. The van der Waals surface area contributed by atoms with Crippen molar-refractivity contribution in [3.05, 3.63) is 64.7 Å². The Morgan fingerprint density at radius 1 is 1.12 bits per heavy atom. The van der Waals surface area contributed by atoms with E-state index in [0.29, 0.717) is 33.4 Å². The molecule has 3 aromatic rings. The molecule has 0 saturated heterocycles. The van der Waals surface area contributed by atoms with Crippen LogP contribution in [0.2, 0.25) is 0 Å². The molecule has 1 aromatic heterocycles. The number of nitrogens with zero attached hydrogens (tertiary/aromatic N) is 3. The number of nitrogen functional groups attached to an aromatic ring is 1. The zero-order valence-electron chi connectivity index (χ0n) is 17.6. The third-order valence-electron chi connectivity index (χ3n) is 5.12. The van der Waals surface area contributed by atoms with Crippen LogP contribution in [0.15, 0.2) is 47.5 Å². The molecule has 0 amide bonds. The number of aromatic nitrogens is 1. The van der Waals surface area contributed by atoms with Gasteiger partial charge in [0.05, 0.1) is 19.1 Å². The van der Waals surface area contributed by atoms with Crippen molar-refractivity contribution in [1.29, 1.82) is 10.5 Å². The number of benzene rings is 2. The van der Waals surface area contributed by atoms with Crippen molar-refractivity contribution >= 4 is 23.5 Å². The largest absolute Gasteiger partial charge is 0.469 e. The van der Waals surface area contributed by atoms with Crippen LogP contribution in [-0.4, -0.2) is 24.9 Å². The van der Waals surface area contributed by atoms with Crippen LogP contribution in [0.25, 0.3) is 11.1 Å². The Morgan fingerprint density at radius 2 is 1.85 bits per heavy atom. The normalized spacial score (nSPS) is 11.5. The number of pyridine rings is 1. The maximum Gasteiger partial charge on any atom is 0.309 e. The lowest BCUT2D eigenvalue weighted by atomic mass is 9.96. The molecule has 0 atom stereocenters. The second-order valence-corrected chi connectivity index (χ2v) is 7.99. The second-order valence-electron chi connectivity index (χ2n) is 7.03. The molecular formula is C24H18N4O4S. The minimum absolute atomic E-state index is 0.0366. The van der Waals surface area contributed by atoms with Crippen molar-refractivity contribution in [3.63, 3.8) is 0 Å². The lowest BCUT2D eigenvalue weighted by Crippen LogP contribution is -2.07. The van der Waals surface area contributed by atoms with Gasteiger partial charge in [-0.1, -0.05) is 30.3 Å². The van der Waals surface area contributed by atoms with Gasteiger partial charge in [-0.15, -0.1) is 11.8 Å². The van der Waals surface area contributed by atoms with Gasteiger partial charge in [0.15, 0.2) is 11.5 Å². The highest BCUT2D eigenvalue weighted by Crippen LogP contribution is 2.41. The summed E-state index contributed by atoms with van der Waals surface area (Å²) in [4.78, 5) is 16.1. The van der Waals surface area contributed by atoms with Gasteiger partial charge in [0.1, 0.15) is 28.5 Å². The number of ether oxygens (including phenoxy) is 3. The maximum absolute atomic E-state index is 11.8. The average molecular weight is 458 g/mol. The fourth-order valence-corrected chi connectivity index (χ4v) is 4.52. The molecule has 0 bridgehead atoms. The summed E-state index contributed by atoms with van der Waals surface area (Å²) in [5.41, 5.74) is 9.23. The lowest BCUT2D eigenvalue weighted by Gasteiger charge is -2.14. The smallest absolute Gasteiger partial charge is 0.309 e. The molecule has 2 N–H and O–H groups in total. The average Bonchev–Trinajstić information content (AvgIpc) is 3.30. The zero-order valence-corrected chi connectivity index (χ0v) is 18.4. The van der Waals surface area contributed by atoms with Crippen molar-refractivity contribution in [3.8, 4) is 34.8 Å². The molecule has 164 valence electrons. The molecule has 0 fully saturated rings. The number of methoxy groups -OCH3 is 1. The predicted octanol–water partition coefficient (Wildman–Crippen LogP) is 3.81. The molecule has 0 spiro atoms. The number of thioether (sulfide) groups is 1. The first-order valence-electron chi connectivity index (χ1n) is 9.85. The first kappa shape index (κ1) is 22.0. The molecule has 4 rings (SSSR count). The first-order valence-corrected chi connectivity index (χ1v) is 10.8. The summed E-state index contributed by atoms with van der Waals surface area (Å²) in [6.45, 7) is 0.111. The SMILES string of the molecule is COC(=O)Cc1ccccc1CSc1nc(N)c(C#N)c(-c2ccc3c(c2)OCO3)c1C#N. The highest BCUT2D eigenvalue weighted by atomic mass is 32.2. The Morgan fingerprint density at radius 3 is 2.58 bits per heavy atom. The zero-order chi connectivity index (χ0) is 23.4. The Balaban J connectivity index is 1.74. The van der Waals surface area contributed by atoms with Crippen molar-refractivity contribution in [2.45, 2.75) is 17.2 Å². The van der Waals surface area contributed by atoms with Gasteiger partial charge in [0.2, 0.25) is 6.79 Å². The van der Waals surface area contributed by atoms with E-state index in [0.717, 1.165) is 11.1 Å². The number of fused-ring (bicyclic) bond motifs is 1. The van der Waals surface area contributed by atoms with E-state index in [1.807, 2.05) is 24.3 Å². The van der Waals surface area contributed by atoms with E-state index in [4.69, 9.17) is 19.9 Å². The number of anilines is 1. The quantitative estimate of drug-likeness (QED) is 0.432. The molecular weight excluding hydrogens is 440 g/mol. The van der Waals surface area contributed by atoms with E-state index in [9.17, 15) is 15.3 Å². The van der Waals surface area contributed by atoms with Crippen LogP contribution in [0.3, 0.4) is 0 Å². The van der Waals surface area contributed by atoms with Gasteiger partial charge in [-0.25, -0.2) is 4.98 Å². The Kier molecular flexibility index (Phi) is 6.34. The number of nitrogens with two attached hydrogens (primary N) is 1. The Labute approximate surface area is 194 Å². The number of hydrogen-bond donors (Lipinski definition) is 1. The number of carbonyl (C=O) groups excluding carboxylic acids is 1. The summed E-state index contributed by atoms with van der Waals surface area (Å²) in [7, 11) is 1.35. The topological polar surface area (TPSA) is 131 Å². The maximum atomic E-state index is 11.8. The first-order chi connectivity index (χ1) is 16.0. The summed E-state index contributed by atoms with van der Waals surface area (Å²) in [6.07, 6.45) is 0.143. The third kappa shape index (κ3) is 4.40. The predicted molar refractivity (Wildman–Crippen MR) is 121 cm³/mol. The summed E-state index contributed by atoms with van der Waals surface area (Å²) in [6, 6.07) is 17.0. The fourth-order valence-electron chi connectivity index (χ4n) is 3.49. The second kappa shape index (κ2) is 9.51. The molecule has 9 heteroatoms. The van der Waals surface area contributed by atoms with E-state index >= 15 is 0 Å². The number of nitriles is 2. The minimum Gasteiger partial charge on any atom is -0.469 e. The van der Waals surface area contributed by atoms with Crippen LogP contribution in [0.4, 0.5) is 5.82 Å². The Hall–Kier alpha value is -4.21. The number of carbonyl (C=O) groups is 1. The van der Waals surface area contributed by atoms with Crippen LogP contribution in [0, 0.1) is 22.7 Å². The summed E-state index contributed by atoms with van der Waals surface area (Å²) in [5, 5.41) is 20.1. The molecule has 33 heavy (non-hydrogen) atoms. The molecule has 1 aliphatic heterocycles. The molecule has 2 aromatic carbocycles. The van der Waals surface area contributed by atoms with Crippen LogP contribution in [0.5, 0.6) is 11.5 Å². The molecule has 0 saturated carbocycles. The number of esters is 1. The third-order valence-corrected chi connectivity index (χ3v) is 6.15. The monoisotopic (exact) mass is 458 g/mol. The molecule has 0 unspecified atom stereocenters. The van der Waals surface area contributed by atoms with Crippen LogP contribution in [0.1, 0.15) is 22.3 Å². The molecule has 0 radical (unpaired) electrons. The summed E-state index contributed by atoms with van der Waals surface area (Å²) >= 11 is 1.31. The highest BCUT2D eigenvalue weighted by Gasteiger charge is 2.23. The number of hydrogen-bond acceptors (Lipinski definition) is 9. The van der Waals surface area contributed by atoms with Gasteiger partial charge < -0.3 is 19.9 Å². The van der Waals surface area contributed by atoms with Crippen LogP contribution >= 0.6 is 11.8 Å². The lowest BCUT2D eigenvalue weighted by molar-refractivity contribution is -0.139. The van der Waals surface area contributed by atoms with E-state index < -0.39 is 0 Å². The van der Waals surface area contributed by atoms with Gasteiger partial charge >= 0.3 is 5.97 Å². The highest BCUT2D eigenvalue weighted by molar-refractivity contribution is 7.98. The molecule has 2 heterocycles. The van der Waals surface area contributed by atoms with Crippen molar-refractivity contribution in [1.82, 2.24) is 4.98 Å². The summed E-state index contributed by atoms with van der Waals surface area (Å²) in [5.74, 6) is 1.27. The minimum atomic E-state index is -0.337. The van der Waals surface area contributed by atoms with Gasteiger partial charge in [0, 0.05) is 11.3 Å². The van der Waals surface area contributed by atoms with Crippen LogP contribution < -0.4 is 15.2 Å². The van der Waals surface area contributed by atoms with Crippen molar-refractivity contribution in [2.24, 2.45) is 0 Å². The van der Waals surface area contributed by atoms with Gasteiger partial charge in [0.25, 0.3) is 0 Å². The van der Waals surface area contributed by atoms with E-state index in [2.05, 4.69) is 17.1 Å². The van der Waals surface area contributed by atoms with Crippen LogP contribution in [-0.2, 0) is 21.7 Å². The van der Waals surface area contributed by atoms with E-state index in [-0.39, 0.29) is 36.1 Å². The Bertz CT molecular complexity index is 1330. The fraction of sp³-hybridized carbons (Fsp3) is 0.167. The van der Waals surface area contributed by atoms with E-state index in [1.165, 1.54) is 18.9 Å².